The summed E-state index contributed by atoms with van der Waals surface area (Å²) in [5.41, 5.74) is 0. The lowest BCUT2D eigenvalue weighted by molar-refractivity contribution is 0.369. The molecule has 1 aromatic rings. The van der Waals surface area contributed by atoms with Crippen LogP contribution in [0.2, 0.25) is 0 Å². The van der Waals surface area contributed by atoms with Gasteiger partial charge >= 0.3 is 0 Å². The Labute approximate surface area is 102 Å². The maximum atomic E-state index is 11.0. The summed E-state index contributed by atoms with van der Waals surface area (Å²) in [6.07, 6.45) is 2.60. The van der Waals surface area contributed by atoms with Gasteiger partial charge in [-0.25, -0.2) is 8.42 Å². The molecule has 98 valence electrons. The molecule has 1 rings (SSSR count). The lowest BCUT2D eigenvalue weighted by Gasteiger charge is -2.11. The number of nitrogens with zero attached hydrogens (tertiary/aromatic N) is 2. The predicted octanol–water partition coefficient (Wildman–Crippen LogP) is 0.197. The van der Waals surface area contributed by atoms with Crippen molar-refractivity contribution in [2.45, 2.75) is 32.7 Å². The molecule has 0 fully saturated rings. The number of nitrogens with one attached hydrogen (secondary N) is 1. The molecule has 7 heteroatoms. The van der Waals surface area contributed by atoms with Crippen LogP contribution in [0.15, 0.2) is 4.52 Å². The van der Waals surface area contributed by atoms with E-state index in [-0.39, 0.29) is 11.8 Å². The molecule has 0 aliphatic heterocycles. The normalized spacial score (nSPS) is 13.8. The van der Waals surface area contributed by atoms with Crippen LogP contribution >= 0.6 is 0 Å². The number of aryl methyl sites for hydroxylation is 1. The molecule has 0 amide bonds. The van der Waals surface area contributed by atoms with Gasteiger partial charge in [-0.15, -0.1) is 0 Å². The molecule has 1 aromatic heterocycles. The van der Waals surface area contributed by atoms with E-state index >= 15 is 0 Å². The molecule has 0 radical (unpaired) electrons. The monoisotopic (exact) mass is 261 g/mol. The highest BCUT2D eigenvalue weighted by Gasteiger charge is 2.10. The Kier molecular flexibility index (Phi) is 5.07. The molecule has 1 unspecified atom stereocenters. The standard InChI is InChI=1S/C10H19N3O3S/c1-4-9-12-10(16-13-9)5-6-11-8(2)7-17(3,14)15/h8,11H,4-7H2,1-3H3. The zero-order chi connectivity index (χ0) is 12.9. The van der Waals surface area contributed by atoms with Crippen LogP contribution in [0, 0.1) is 0 Å². The Morgan fingerprint density at radius 3 is 2.71 bits per heavy atom. The smallest absolute Gasteiger partial charge is 0.227 e. The topological polar surface area (TPSA) is 85.1 Å². The number of rotatable bonds is 7. The van der Waals surface area contributed by atoms with Crippen LogP contribution in [-0.4, -0.2) is 43.2 Å². The van der Waals surface area contributed by atoms with E-state index in [4.69, 9.17) is 4.52 Å². The highest BCUT2D eigenvalue weighted by atomic mass is 32.2. The van der Waals surface area contributed by atoms with Crippen molar-refractivity contribution in [2.75, 3.05) is 18.6 Å². The Morgan fingerprint density at radius 1 is 1.47 bits per heavy atom. The van der Waals surface area contributed by atoms with Gasteiger partial charge in [-0.05, 0) is 6.92 Å². The number of hydrogen-bond acceptors (Lipinski definition) is 6. The molecule has 6 nitrogen and oxygen atoms in total. The van der Waals surface area contributed by atoms with Gasteiger partial charge in [-0.1, -0.05) is 12.1 Å². The third-order valence-corrected chi connectivity index (χ3v) is 3.32. The van der Waals surface area contributed by atoms with Crippen molar-refractivity contribution in [3.8, 4) is 0 Å². The number of sulfone groups is 1. The molecule has 1 N–H and O–H groups in total. The predicted molar refractivity (Wildman–Crippen MR) is 64.6 cm³/mol. The number of aromatic nitrogens is 2. The minimum absolute atomic E-state index is 0.0708. The number of hydrogen-bond donors (Lipinski definition) is 1. The van der Waals surface area contributed by atoms with E-state index in [9.17, 15) is 8.42 Å². The van der Waals surface area contributed by atoms with Gasteiger partial charge in [0.2, 0.25) is 5.89 Å². The van der Waals surface area contributed by atoms with Crippen LogP contribution in [0.4, 0.5) is 0 Å². The highest BCUT2D eigenvalue weighted by Crippen LogP contribution is 1.98. The van der Waals surface area contributed by atoms with E-state index < -0.39 is 9.84 Å². The zero-order valence-electron chi connectivity index (χ0n) is 10.4. The lowest BCUT2D eigenvalue weighted by atomic mass is 10.3. The molecule has 1 atom stereocenters. The van der Waals surface area contributed by atoms with Crippen molar-refractivity contribution in [2.24, 2.45) is 0 Å². The molecule has 0 aliphatic rings. The van der Waals surface area contributed by atoms with Gasteiger partial charge < -0.3 is 9.84 Å². The average Bonchev–Trinajstić information content (AvgIpc) is 2.63. The van der Waals surface area contributed by atoms with E-state index in [2.05, 4.69) is 15.5 Å². The van der Waals surface area contributed by atoms with Crippen LogP contribution < -0.4 is 5.32 Å². The second-order valence-electron chi connectivity index (χ2n) is 4.16. The first-order chi connectivity index (χ1) is 7.90. The van der Waals surface area contributed by atoms with E-state index in [1.807, 2.05) is 13.8 Å². The summed E-state index contributed by atoms with van der Waals surface area (Å²) in [4.78, 5) is 4.16. The van der Waals surface area contributed by atoms with Crippen LogP contribution in [0.3, 0.4) is 0 Å². The molecule has 17 heavy (non-hydrogen) atoms. The van der Waals surface area contributed by atoms with Gasteiger partial charge in [0.15, 0.2) is 5.82 Å². The SMILES string of the molecule is CCc1noc(CCNC(C)CS(C)(=O)=O)n1. The Bertz CT molecular complexity index is 441. The lowest BCUT2D eigenvalue weighted by Crippen LogP contribution is -2.34. The Balaban J connectivity index is 2.28. The summed E-state index contributed by atoms with van der Waals surface area (Å²) in [7, 11) is -2.93. The third kappa shape index (κ3) is 5.78. The van der Waals surface area contributed by atoms with Gasteiger partial charge in [0.25, 0.3) is 0 Å². The van der Waals surface area contributed by atoms with Crippen LogP contribution in [0.25, 0.3) is 0 Å². The van der Waals surface area contributed by atoms with Gasteiger partial charge in [0.05, 0.1) is 5.75 Å². The minimum atomic E-state index is -2.93. The van der Waals surface area contributed by atoms with E-state index in [1.54, 1.807) is 0 Å². The van der Waals surface area contributed by atoms with Crippen LogP contribution in [-0.2, 0) is 22.7 Å². The highest BCUT2D eigenvalue weighted by molar-refractivity contribution is 7.90. The van der Waals surface area contributed by atoms with Gasteiger partial charge in [0.1, 0.15) is 9.84 Å². The van der Waals surface area contributed by atoms with E-state index in [0.29, 0.717) is 24.7 Å². The summed E-state index contributed by atoms with van der Waals surface area (Å²) in [6, 6.07) is -0.0708. The van der Waals surface area contributed by atoms with Gasteiger partial charge in [0, 0.05) is 31.7 Å². The molecular weight excluding hydrogens is 242 g/mol. The van der Waals surface area contributed by atoms with Gasteiger partial charge in [-0.2, -0.15) is 4.98 Å². The van der Waals surface area contributed by atoms with Crippen LogP contribution in [0.1, 0.15) is 25.6 Å². The van der Waals surface area contributed by atoms with Gasteiger partial charge in [-0.3, -0.25) is 0 Å². The first-order valence-corrected chi connectivity index (χ1v) is 7.69. The molecule has 0 aliphatic carbocycles. The van der Waals surface area contributed by atoms with E-state index in [1.165, 1.54) is 6.26 Å². The van der Waals surface area contributed by atoms with Crippen molar-refractivity contribution in [1.29, 1.82) is 0 Å². The molecule has 0 spiro atoms. The van der Waals surface area contributed by atoms with Crippen molar-refractivity contribution in [3.05, 3.63) is 11.7 Å². The summed E-state index contributed by atoms with van der Waals surface area (Å²) >= 11 is 0. The average molecular weight is 261 g/mol. The third-order valence-electron chi connectivity index (χ3n) is 2.21. The fraction of sp³-hybridized carbons (Fsp3) is 0.800. The van der Waals surface area contributed by atoms with Crippen molar-refractivity contribution < 1.29 is 12.9 Å². The Morgan fingerprint density at radius 2 is 2.18 bits per heavy atom. The quantitative estimate of drug-likeness (QED) is 0.754. The van der Waals surface area contributed by atoms with Crippen molar-refractivity contribution in [1.82, 2.24) is 15.5 Å². The van der Waals surface area contributed by atoms with Crippen molar-refractivity contribution >= 4 is 9.84 Å². The molecular formula is C10H19N3O3S. The molecule has 0 aromatic carbocycles. The molecule has 0 bridgehead atoms. The summed E-state index contributed by atoms with van der Waals surface area (Å²) in [5, 5.41) is 6.89. The minimum Gasteiger partial charge on any atom is -0.339 e. The summed E-state index contributed by atoms with van der Waals surface area (Å²) in [5.74, 6) is 1.42. The first-order valence-electron chi connectivity index (χ1n) is 5.63. The molecule has 0 saturated carbocycles. The fourth-order valence-corrected chi connectivity index (χ4v) is 2.50. The fourth-order valence-electron chi connectivity index (χ4n) is 1.47. The second kappa shape index (κ2) is 6.11. The maximum absolute atomic E-state index is 11.0. The maximum Gasteiger partial charge on any atom is 0.227 e. The second-order valence-corrected chi connectivity index (χ2v) is 6.34. The molecule has 0 saturated heterocycles. The van der Waals surface area contributed by atoms with Crippen LogP contribution in [0.5, 0.6) is 0 Å². The molecule has 1 heterocycles. The first kappa shape index (κ1) is 14.1. The van der Waals surface area contributed by atoms with E-state index in [0.717, 1.165) is 6.42 Å². The Hall–Kier alpha value is -0.950. The largest absolute Gasteiger partial charge is 0.339 e. The van der Waals surface area contributed by atoms with Crippen molar-refractivity contribution in [3.63, 3.8) is 0 Å². The summed E-state index contributed by atoms with van der Waals surface area (Å²) in [6.45, 7) is 4.43. The zero-order valence-corrected chi connectivity index (χ0v) is 11.2. The summed E-state index contributed by atoms with van der Waals surface area (Å²) < 4.78 is 27.1.